The molecule has 0 unspecified atom stereocenters. The van der Waals surface area contributed by atoms with Crippen molar-refractivity contribution in [3.8, 4) is 5.75 Å². The van der Waals surface area contributed by atoms with E-state index < -0.39 is 12.1 Å². The van der Waals surface area contributed by atoms with Crippen LogP contribution >= 0.6 is 11.6 Å². The number of fused-ring (bicyclic) bond motifs is 1. The Bertz CT molecular complexity index is 918. The molecule has 0 saturated carbocycles. The number of esters is 1. The van der Waals surface area contributed by atoms with Gasteiger partial charge in [-0.15, -0.1) is 0 Å². The molecule has 2 aromatic carbocycles. The van der Waals surface area contributed by atoms with Gasteiger partial charge in [-0.2, -0.15) is 0 Å². The van der Waals surface area contributed by atoms with Crippen LogP contribution in [0, 0.1) is 5.92 Å². The highest BCUT2D eigenvalue weighted by Crippen LogP contribution is 2.35. The van der Waals surface area contributed by atoms with Crippen LogP contribution in [0.1, 0.15) is 18.4 Å². The largest absolute Gasteiger partial charge is 0.475 e. The summed E-state index contributed by atoms with van der Waals surface area (Å²) in [6.45, 7) is 2.59. The normalized spacial score (nSPS) is 21.5. The predicted octanol–water partition coefficient (Wildman–Crippen LogP) is 3.52. The van der Waals surface area contributed by atoms with Gasteiger partial charge in [-0.25, -0.2) is 4.79 Å². The van der Waals surface area contributed by atoms with Gasteiger partial charge in [0.1, 0.15) is 5.75 Å². The number of anilines is 1. The van der Waals surface area contributed by atoms with Crippen LogP contribution in [0.4, 0.5) is 5.69 Å². The van der Waals surface area contributed by atoms with E-state index in [2.05, 4.69) is 4.90 Å². The number of rotatable bonds is 4. The Morgan fingerprint density at radius 2 is 1.90 bits per heavy atom. The fourth-order valence-electron chi connectivity index (χ4n) is 4.17. The molecular weight excluding hydrogens is 404 g/mol. The van der Waals surface area contributed by atoms with Gasteiger partial charge in [-0.1, -0.05) is 35.9 Å². The molecule has 2 heterocycles. The standard InChI is InChI=1S/C23H25ClN2O4/c1-29-23(28)21-15-26(19-6-2-3-7-20(19)30-21)22(27)17-5-4-12-25(14-17)13-16-8-10-18(24)11-9-16/h2-3,6-11,17,21H,4-5,12-15H2,1H3/t17-,21+/m1/s1. The van der Waals surface area contributed by atoms with Gasteiger partial charge < -0.3 is 14.4 Å². The number of carbonyl (C=O) groups excluding carboxylic acids is 2. The second-order valence-electron chi connectivity index (χ2n) is 7.75. The van der Waals surface area contributed by atoms with E-state index in [9.17, 15) is 9.59 Å². The quantitative estimate of drug-likeness (QED) is 0.697. The first-order valence-electron chi connectivity index (χ1n) is 10.2. The molecule has 1 fully saturated rings. The van der Waals surface area contributed by atoms with Gasteiger partial charge in [0.2, 0.25) is 12.0 Å². The first kappa shape index (κ1) is 20.7. The molecule has 0 radical (unpaired) electrons. The molecule has 2 aromatic rings. The van der Waals surface area contributed by atoms with Crippen LogP contribution in [-0.4, -0.2) is 49.6 Å². The minimum Gasteiger partial charge on any atom is -0.475 e. The van der Waals surface area contributed by atoms with Gasteiger partial charge in [0, 0.05) is 18.1 Å². The zero-order valence-electron chi connectivity index (χ0n) is 16.9. The average Bonchev–Trinajstić information content (AvgIpc) is 2.79. The molecule has 4 rings (SSSR count). The summed E-state index contributed by atoms with van der Waals surface area (Å²) in [6, 6.07) is 15.2. The molecule has 0 aromatic heterocycles. The number of amides is 1. The maximum atomic E-state index is 13.5. The highest BCUT2D eigenvalue weighted by molar-refractivity contribution is 6.30. The fraction of sp³-hybridized carbons (Fsp3) is 0.391. The van der Waals surface area contributed by atoms with Crippen molar-refractivity contribution in [2.24, 2.45) is 5.92 Å². The van der Waals surface area contributed by atoms with Crippen molar-refractivity contribution in [2.75, 3.05) is 31.6 Å². The van der Waals surface area contributed by atoms with Crippen LogP contribution in [-0.2, 0) is 20.9 Å². The lowest BCUT2D eigenvalue weighted by molar-refractivity contribution is -0.148. The number of halogens is 1. The van der Waals surface area contributed by atoms with Gasteiger partial charge in [0.05, 0.1) is 25.3 Å². The molecule has 2 atom stereocenters. The molecule has 0 spiro atoms. The van der Waals surface area contributed by atoms with Crippen molar-refractivity contribution in [2.45, 2.75) is 25.5 Å². The monoisotopic (exact) mass is 428 g/mol. The van der Waals surface area contributed by atoms with Crippen LogP contribution in [0.3, 0.4) is 0 Å². The van der Waals surface area contributed by atoms with Crippen LogP contribution in [0.5, 0.6) is 5.75 Å². The lowest BCUT2D eigenvalue weighted by atomic mass is 9.95. The summed E-state index contributed by atoms with van der Waals surface area (Å²) >= 11 is 5.98. The number of ether oxygens (including phenoxy) is 2. The molecule has 6 nitrogen and oxygen atoms in total. The minimum atomic E-state index is -0.817. The Morgan fingerprint density at radius 1 is 1.13 bits per heavy atom. The van der Waals surface area contributed by atoms with Crippen LogP contribution in [0.15, 0.2) is 48.5 Å². The number of hydrogen-bond donors (Lipinski definition) is 0. The highest BCUT2D eigenvalue weighted by Gasteiger charge is 2.38. The molecule has 158 valence electrons. The van der Waals surface area contributed by atoms with Crippen LogP contribution in [0.25, 0.3) is 0 Å². The van der Waals surface area contributed by atoms with Crippen LogP contribution in [0.2, 0.25) is 5.02 Å². The van der Waals surface area contributed by atoms with Crippen molar-refractivity contribution in [3.63, 3.8) is 0 Å². The molecule has 1 saturated heterocycles. The number of methoxy groups -OCH3 is 1. The Labute approximate surface area is 181 Å². The van der Waals surface area contributed by atoms with Gasteiger partial charge in [-0.3, -0.25) is 9.69 Å². The lowest BCUT2D eigenvalue weighted by Crippen LogP contribution is -2.51. The molecule has 7 heteroatoms. The van der Waals surface area contributed by atoms with Crippen molar-refractivity contribution in [1.82, 2.24) is 4.90 Å². The van der Waals surface area contributed by atoms with Crippen molar-refractivity contribution < 1.29 is 19.1 Å². The van der Waals surface area contributed by atoms with Gasteiger partial charge in [0.25, 0.3) is 0 Å². The summed E-state index contributed by atoms with van der Waals surface area (Å²) < 4.78 is 10.6. The smallest absolute Gasteiger partial charge is 0.348 e. The maximum absolute atomic E-state index is 13.5. The first-order valence-corrected chi connectivity index (χ1v) is 10.5. The van der Waals surface area contributed by atoms with Gasteiger partial charge in [0.15, 0.2) is 0 Å². The zero-order chi connectivity index (χ0) is 21.1. The van der Waals surface area contributed by atoms with E-state index in [0.717, 1.165) is 31.0 Å². The predicted molar refractivity (Wildman–Crippen MR) is 115 cm³/mol. The van der Waals surface area contributed by atoms with E-state index in [1.54, 1.807) is 11.0 Å². The maximum Gasteiger partial charge on any atom is 0.348 e. The number of benzene rings is 2. The first-order chi connectivity index (χ1) is 14.5. The van der Waals surface area contributed by atoms with E-state index in [4.69, 9.17) is 21.1 Å². The molecule has 0 N–H and O–H groups in total. The Balaban J connectivity index is 1.49. The SMILES string of the molecule is COC(=O)[C@@H]1CN(C(=O)[C@@H]2CCCN(Cc3ccc(Cl)cc3)C2)c2ccccc2O1. The number of nitrogens with zero attached hydrogens (tertiary/aromatic N) is 2. The lowest BCUT2D eigenvalue weighted by Gasteiger charge is -2.38. The number of carbonyl (C=O) groups is 2. The second-order valence-corrected chi connectivity index (χ2v) is 8.18. The third-order valence-corrected chi connectivity index (χ3v) is 5.93. The van der Waals surface area contributed by atoms with Crippen molar-refractivity contribution in [1.29, 1.82) is 0 Å². The topological polar surface area (TPSA) is 59.1 Å². The Morgan fingerprint density at radius 3 is 2.67 bits per heavy atom. The Hall–Kier alpha value is -2.57. The number of likely N-dealkylation sites (tertiary alicyclic amines) is 1. The fourth-order valence-corrected chi connectivity index (χ4v) is 4.29. The molecule has 0 aliphatic carbocycles. The molecule has 30 heavy (non-hydrogen) atoms. The van der Waals surface area contributed by atoms with Crippen molar-refractivity contribution in [3.05, 3.63) is 59.1 Å². The third-order valence-electron chi connectivity index (χ3n) is 5.68. The summed E-state index contributed by atoms with van der Waals surface area (Å²) in [4.78, 5) is 29.6. The molecule has 0 bridgehead atoms. The summed E-state index contributed by atoms with van der Waals surface area (Å²) in [5.41, 5.74) is 1.88. The second kappa shape index (κ2) is 9.06. The summed E-state index contributed by atoms with van der Waals surface area (Å²) in [7, 11) is 1.33. The van der Waals surface area contributed by atoms with Gasteiger partial charge in [-0.05, 0) is 49.2 Å². The molecule has 2 aliphatic heterocycles. The zero-order valence-corrected chi connectivity index (χ0v) is 17.7. The summed E-state index contributed by atoms with van der Waals surface area (Å²) in [6.07, 6.45) is 0.969. The van der Waals surface area contributed by atoms with E-state index in [0.29, 0.717) is 18.0 Å². The highest BCUT2D eigenvalue weighted by atomic mass is 35.5. The summed E-state index contributed by atoms with van der Waals surface area (Å²) in [5, 5.41) is 0.719. The minimum absolute atomic E-state index is 0.0282. The third kappa shape index (κ3) is 4.45. The van der Waals surface area contributed by atoms with E-state index in [-0.39, 0.29) is 18.4 Å². The van der Waals surface area contributed by atoms with Gasteiger partial charge >= 0.3 is 5.97 Å². The molecule has 1 amide bonds. The number of hydrogen-bond acceptors (Lipinski definition) is 5. The van der Waals surface area contributed by atoms with Crippen LogP contribution < -0.4 is 9.64 Å². The van der Waals surface area contributed by atoms with E-state index in [1.807, 2.05) is 42.5 Å². The summed E-state index contributed by atoms with van der Waals surface area (Å²) in [5.74, 6) is -0.0485. The number of piperidine rings is 1. The molecular formula is C23H25ClN2O4. The van der Waals surface area contributed by atoms with E-state index in [1.165, 1.54) is 12.7 Å². The average molecular weight is 429 g/mol. The Kier molecular flexibility index (Phi) is 6.25. The molecule has 2 aliphatic rings. The number of para-hydroxylation sites is 2. The van der Waals surface area contributed by atoms with Crippen molar-refractivity contribution >= 4 is 29.2 Å². The van der Waals surface area contributed by atoms with E-state index >= 15 is 0 Å².